The molecule has 0 spiro atoms. The number of nitro groups is 1. The maximum Gasteiger partial charge on any atom is 0.290 e. The van der Waals surface area contributed by atoms with Gasteiger partial charge in [-0.15, -0.1) is 0 Å². The number of nitrogens with one attached hydrogen (secondary N) is 1. The molecule has 2 aromatic rings. The summed E-state index contributed by atoms with van der Waals surface area (Å²) in [6.07, 6.45) is 3.15. The van der Waals surface area contributed by atoms with Crippen LogP contribution in [0, 0.1) is 17.0 Å². The minimum atomic E-state index is -0.422. The number of rotatable bonds is 7. The monoisotopic (exact) mass is 301 g/mol. The summed E-state index contributed by atoms with van der Waals surface area (Å²) in [6.45, 7) is 2.46. The number of hydrogen-bond donors (Lipinski definition) is 1. The highest BCUT2D eigenvalue weighted by Gasteiger charge is 2.10. The van der Waals surface area contributed by atoms with Crippen molar-refractivity contribution >= 4 is 11.5 Å². The Morgan fingerprint density at radius 2 is 2.18 bits per heavy atom. The van der Waals surface area contributed by atoms with E-state index in [1.807, 2.05) is 18.2 Å². The van der Waals surface area contributed by atoms with Gasteiger partial charge in [0.25, 0.3) is 5.69 Å². The lowest BCUT2D eigenvalue weighted by atomic mass is 10.1. The van der Waals surface area contributed by atoms with Crippen molar-refractivity contribution in [1.29, 1.82) is 0 Å². The fourth-order valence-corrected chi connectivity index (χ4v) is 2.17. The van der Waals surface area contributed by atoms with E-state index >= 15 is 0 Å². The number of aromatic nitrogens is 1. The summed E-state index contributed by atoms with van der Waals surface area (Å²) in [5.41, 5.74) is 1.87. The van der Waals surface area contributed by atoms with E-state index in [1.54, 1.807) is 20.1 Å². The molecule has 0 aliphatic heterocycles. The van der Waals surface area contributed by atoms with Gasteiger partial charge in [0.05, 0.1) is 12.0 Å². The molecule has 116 valence electrons. The maximum absolute atomic E-state index is 10.7. The van der Waals surface area contributed by atoms with E-state index in [1.165, 1.54) is 11.8 Å². The molecule has 0 saturated heterocycles. The molecule has 0 fully saturated rings. The van der Waals surface area contributed by atoms with Crippen LogP contribution in [0.1, 0.15) is 17.5 Å². The molecule has 0 unspecified atom stereocenters. The molecule has 0 aliphatic rings. The standard InChI is InChI=1S/C16H19N3O3/c1-12-9-16(18-11-15(12)19(20)21)17-8-4-6-13-5-3-7-14(10-13)22-2/h3,5,7,9-11H,4,6,8H2,1-2H3,(H,17,18). The van der Waals surface area contributed by atoms with Gasteiger partial charge < -0.3 is 10.1 Å². The third kappa shape index (κ3) is 4.18. The molecule has 6 nitrogen and oxygen atoms in total. The van der Waals surface area contributed by atoms with Crippen molar-refractivity contribution in [1.82, 2.24) is 4.98 Å². The molecule has 0 radical (unpaired) electrons. The highest BCUT2D eigenvalue weighted by Crippen LogP contribution is 2.19. The smallest absolute Gasteiger partial charge is 0.290 e. The number of methoxy groups -OCH3 is 1. The van der Waals surface area contributed by atoms with Crippen LogP contribution in [0.4, 0.5) is 11.5 Å². The van der Waals surface area contributed by atoms with Crippen molar-refractivity contribution < 1.29 is 9.66 Å². The predicted molar refractivity (Wildman–Crippen MR) is 85.4 cm³/mol. The number of aryl methyl sites for hydroxylation is 2. The zero-order chi connectivity index (χ0) is 15.9. The summed E-state index contributed by atoms with van der Waals surface area (Å²) in [4.78, 5) is 14.4. The van der Waals surface area contributed by atoms with Crippen LogP contribution in [0.15, 0.2) is 36.5 Å². The summed E-state index contributed by atoms with van der Waals surface area (Å²) in [5.74, 6) is 1.52. The predicted octanol–water partition coefficient (Wildman–Crippen LogP) is 3.35. The molecular weight excluding hydrogens is 282 g/mol. The lowest BCUT2D eigenvalue weighted by Gasteiger charge is -2.07. The molecule has 0 aliphatic carbocycles. The van der Waals surface area contributed by atoms with Crippen LogP contribution >= 0.6 is 0 Å². The first-order chi connectivity index (χ1) is 10.6. The Kier molecular flexibility index (Phi) is 5.30. The van der Waals surface area contributed by atoms with Crippen LogP contribution in [0.25, 0.3) is 0 Å². The van der Waals surface area contributed by atoms with Crippen molar-refractivity contribution in [3.63, 3.8) is 0 Å². The lowest BCUT2D eigenvalue weighted by Crippen LogP contribution is -2.05. The summed E-state index contributed by atoms with van der Waals surface area (Å²) in [5, 5.41) is 13.9. The van der Waals surface area contributed by atoms with Gasteiger partial charge in [0.1, 0.15) is 17.8 Å². The van der Waals surface area contributed by atoms with Gasteiger partial charge in [0.2, 0.25) is 0 Å². The Morgan fingerprint density at radius 1 is 1.36 bits per heavy atom. The van der Waals surface area contributed by atoms with Gasteiger partial charge in [0, 0.05) is 12.1 Å². The molecular formula is C16H19N3O3. The molecule has 0 amide bonds. The van der Waals surface area contributed by atoms with E-state index in [9.17, 15) is 10.1 Å². The highest BCUT2D eigenvalue weighted by atomic mass is 16.6. The summed E-state index contributed by atoms with van der Waals surface area (Å²) in [6, 6.07) is 9.68. The average molecular weight is 301 g/mol. The first kappa shape index (κ1) is 15.8. The second-order valence-corrected chi connectivity index (χ2v) is 4.99. The summed E-state index contributed by atoms with van der Waals surface area (Å²) < 4.78 is 5.19. The van der Waals surface area contributed by atoms with Crippen LogP contribution in [-0.2, 0) is 6.42 Å². The van der Waals surface area contributed by atoms with Crippen molar-refractivity contribution in [2.24, 2.45) is 0 Å². The zero-order valence-electron chi connectivity index (χ0n) is 12.7. The molecule has 1 heterocycles. The number of pyridine rings is 1. The lowest BCUT2D eigenvalue weighted by molar-refractivity contribution is -0.385. The van der Waals surface area contributed by atoms with Crippen LogP contribution in [0.5, 0.6) is 5.75 Å². The molecule has 1 N–H and O–H groups in total. The molecule has 1 aromatic carbocycles. The van der Waals surface area contributed by atoms with Gasteiger partial charge >= 0.3 is 0 Å². The van der Waals surface area contributed by atoms with E-state index < -0.39 is 4.92 Å². The second kappa shape index (κ2) is 7.40. The van der Waals surface area contributed by atoms with Crippen LogP contribution in [0.3, 0.4) is 0 Å². The molecule has 0 saturated carbocycles. The first-order valence-electron chi connectivity index (χ1n) is 7.08. The normalized spacial score (nSPS) is 10.3. The van der Waals surface area contributed by atoms with Gasteiger partial charge in [-0.2, -0.15) is 0 Å². The summed E-state index contributed by atoms with van der Waals surface area (Å²) >= 11 is 0. The van der Waals surface area contributed by atoms with Crippen LogP contribution in [0.2, 0.25) is 0 Å². The van der Waals surface area contributed by atoms with Gasteiger partial charge in [-0.25, -0.2) is 4.98 Å². The number of hydrogen-bond acceptors (Lipinski definition) is 5. The Bertz CT molecular complexity index is 659. The first-order valence-corrected chi connectivity index (χ1v) is 7.08. The maximum atomic E-state index is 10.7. The van der Waals surface area contributed by atoms with E-state index in [-0.39, 0.29) is 5.69 Å². The Hall–Kier alpha value is -2.63. The molecule has 0 bridgehead atoms. The molecule has 2 rings (SSSR count). The van der Waals surface area contributed by atoms with Crippen molar-refractivity contribution in [3.8, 4) is 5.75 Å². The Morgan fingerprint density at radius 3 is 2.86 bits per heavy atom. The summed E-state index contributed by atoms with van der Waals surface area (Å²) in [7, 11) is 1.66. The molecule has 0 atom stereocenters. The van der Waals surface area contributed by atoms with Crippen molar-refractivity contribution in [3.05, 3.63) is 57.8 Å². The van der Waals surface area contributed by atoms with Gasteiger partial charge in [-0.05, 0) is 43.5 Å². The van der Waals surface area contributed by atoms with Crippen LogP contribution < -0.4 is 10.1 Å². The Labute approximate surface area is 129 Å². The van der Waals surface area contributed by atoms with Gasteiger partial charge in [0.15, 0.2) is 0 Å². The average Bonchev–Trinajstić information content (AvgIpc) is 2.51. The van der Waals surface area contributed by atoms with E-state index in [0.29, 0.717) is 11.4 Å². The number of nitrogens with zero attached hydrogens (tertiary/aromatic N) is 2. The largest absolute Gasteiger partial charge is 0.497 e. The third-order valence-electron chi connectivity index (χ3n) is 3.36. The second-order valence-electron chi connectivity index (χ2n) is 4.99. The quantitative estimate of drug-likeness (QED) is 0.482. The Balaban J connectivity index is 1.83. The topological polar surface area (TPSA) is 77.3 Å². The van der Waals surface area contributed by atoms with Gasteiger partial charge in [-0.3, -0.25) is 10.1 Å². The van der Waals surface area contributed by atoms with Crippen LogP contribution in [-0.4, -0.2) is 23.6 Å². The van der Waals surface area contributed by atoms with E-state index in [0.717, 1.165) is 25.1 Å². The fourth-order valence-electron chi connectivity index (χ4n) is 2.17. The minimum absolute atomic E-state index is 0.0435. The highest BCUT2D eigenvalue weighted by molar-refractivity contribution is 5.46. The fraction of sp³-hybridized carbons (Fsp3) is 0.312. The molecule has 1 aromatic heterocycles. The van der Waals surface area contributed by atoms with E-state index in [2.05, 4.69) is 16.4 Å². The SMILES string of the molecule is COc1cccc(CCCNc2cc(C)c([N+](=O)[O-])cn2)c1. The third-order valence-corrected chi connectivity index (χ3v) is 3.36. The molecule has 6 heteroatoms. The van der Waals surface area contributed by atoms with Gasteiger partial charge in [-0.1, -0.05) is 12.1 Å². The van der Waals surface area contributed by atoms with Crippen molar-refractivity contribution in [2.45, 2.75) is 19.8 Å². The molecule has 22 heavy (non-hydrogen) atoms. The zero-order valence-corrected chi connectivity index (χ0v) is 12.7. The van der Waals surface area contributed by atoms with E-state index in [4.69, 9.17) is 4.74 Å². The number of ether oxygens (including phenoxy) is 1. The number of benzene rings is 1. The van der Waals surface area contributed by atoms with Crippen molar-refractivity contribution in [2.75, 3.05) is 19.0 Å². The number of anilines is 1. The minimum Gasteiger partial charge on any atom is -0.497 e.